The van der Waals surface area contributed by atoms with E-state index in [1.54, 1.807) is 6.92 Å². The number of anilines is 1. The zero-order chi connectivity index (χ0) is 13.1. The summed E-state index contributed by atoms with van der Waals surface area (Å²) < 4.78 is 0. The number of hydrogen-bond acceptors (Lipinski definition) is 1. The summed E-state index contributed by atoms with van der Waals surface area (Å²) in [6, 6.07) is 6.28. The lowest BCUT2D eigenvalue weighted by molar-refractivity contribution is -0.114. The van der Waals surface area contributed by atoms with Gasteiger partial charge in [0.1, 0.15) is 0 Å². The van der Waals surface area contributed by atoms with Gasteiger partial charge in [0.05, 0.1) is 0 Å². The molecule has 0 fully saturated rings. The highest BCUT2D eigenvalue weighted by molar-refractivity contribution is 5.90. The Morgan fingerprint density at radius 1 is 1.29 bits per heavy atom. The second-order valence-corrected chi connectivity index (χ2v) is 5.52. The number of para-hydroxylation sites is 1. The number of amides is 1. The minimum atomic E-state index is -0.000877. The summed E-state index contributed by atoms with van der Waals surface area (Å²) in [6.45, 7) is 10.2. The molecular formula is C15H23NO. The molecule has 1 rings (SSSR count). The molecule has 0 aliphatic carbocycles. The fourth-order valence-corrected chi connectivity index (χ4v) is 2.03. The van der Waals surface area contributed by atoms with Crippen LogP contribution in [0.5, 0.6) is 0 Å². The lowest BCUT2D eigenvalue weighted by Gasteiger charge is -2.25. The van der Waals surface area contributed by atoms with Crippen LogP contribution in [0.1, 0.15) is 52.2 Å². The summed E-state index contributed by atoms with van der Waals surface area (Å²) in [6.07, 6.45) is 2.08. The molecule has 0 unspecified atom stereocenters. The van der Waals surface area contributed by atoms with Crippen molar-refractivity contribution in [3.8, 4) is 0 Å². The first-order valence-corrected chi connectivity index (χ1v) is 6.26. The van der Waals surface area contributed by atoms with Crippen LogP contribution in [0.25, 0.3) is 0 Å². The van der Waals surface area contributed by atoms with E-state index in [1.807, 2.05) is 0 Å². The molecule has 0 aliphatic heterocycles. The normalized spacial score (nSPS) is 11.4. The maximum Gasteiger partial charge on any atom is 0.221 e. The second-order valence-electron chi connectivity index (χ2n) is 5.52. The van der Waals surface area contributed by atoms with Gasteiger partial charge in [0.15, 0.2) is 0 Å². The molecule has 2 nitrogen and oxygen atoms in total. The van der Waals surface area contributed by atoms with Crippen molar-refractivity contribution in [3.63, 3.8) is 0 Å². The van der Waals surface area contributed by atoms with Crippen molar-refractivity contribution in [1.82, 2.24) is 0 Å². The summed E-state index contributed by atoms with van der Waals surface area (Å²) in [4.78, 5) is 11.3. The second kappa shape index (κ2) is 5.35. The van der Waals surface area contributed by atoms with Crippen molar-refractivity contribution in [1.29, 1.82) is 0 Å². The lowest BCUT2D eigenvalue weighted by atomic mass is 9.84. The Labute approximate surface area is 104 Å². The molecule has 94 valence electrons. The summed E-state index contributed by atoms with van der Waals surface area (Å²) in [5, 5.41) is 2.99. The zero-order valence-electron chi connectivity index (χ0n) is 11.6. The van der Waals surface area contributed by atoms with E-state index in [0.717, 1.165) is 18.5 Å². The smallest absolute Gasteiger partial charge is 0.221 e. The minimum Gasteiger partial charge on any atom is -0.326 e. The van der Waals surface area contributed by atoms with Gasteiger partial charge >= 0.3 is 0 Å². The lowest BCUT2D eigenvalue weighted by Crippen LogP contribution is -2.18. The number of benzene rings is 1. The molecule has 1 amide bonds. The predicted octanol–water partition coefficient (Wildman–Crippen LogP) is 3.90. The van der Waals surface area contributed by atoms with E-state index >= 15 is 0 Å². The van der Waals surface area contributed by atoms with Crippen molar-refractivity contribution in [2.75, 3.05) is 5.32 Å². The van der Waals surface area contributed by atoms with Crippen LogP contribution in [0.2, 0.25) is 0 Å². The number of hydrogen-bond donors (Lipinski definition) is 1. The van der Waals surface area contributed by atoms with E-state index in [1.165, 1.54) is 11.1 Å². The van der Waals surface area contributed by atoms with E-state index in [9.17, 15) is 4.79 Å². The Morgan fingerprint density at radius 2 is 1.94 bits per heavy atom. The third-order valence-electron chi connectivity index (χ3n) is 2.78. The zero-order valence-corrected chi connectivity index (χ0v) is 11.6. The number of aryl methyl sites for hydroxylation is 1. The maximum atomic E-state index is 11.3. The average molecular weight is 233 g/mol. The van der Waals surface area contributed by atoms with Gasteiger partial charge in [0.25, 0.3) is 0 Å². The minimum absolute atomic E-state index is 0.000877. The highest BCUT2D eigenvalue weighted by atomic mass is 16.1. The molecule has 0 bridgehead atoms. The molecular weight excluding hydrogens is 210 g/mol. The van der Waals surface area contributed by atoms with Crippen LogP contribution in [-0.4, -0.2) is 5.91 Å². The molecule has 1 aromatic carbocycles. The van der Waals surface area contributed by atoms with Crippen LogP contribution in [0.3, 0.4) is 0 Å². The summed E-state index contributed by atoms with van der Waals surface area (Å²) in [7, 11) is 0. The van der Waals surface area contributed by atoms with Gasteiger partial charge in [-0.2, -0.15) is 0 Å². The molecule has 0 aromatic heterocycles. The Morgan fingerprint density at radius 3 is 2.41 bits per heavy atom. The Balaban J connectivity index is 3.28. The van der Waals surface area contributed by atoms with E-state index in [4.69, 9.17) is 0 Å². The quantitative estimate of drug-likeness (QED) is 0.843. The first-order chi connectivity index (χ1) is 7.86. The molecule has 0 atom stereocenters. The van der Waals surface area contributed by atoms with Crippen LogP contribution in [-0.2, 0) is 16.6 Å². The summed E-state index contributed by atoms with van der Waals surface area (Å²) in [5.41, 5.74) is 3.49. The summed E-state index contributed by atoms with van der Waals surface area (Å²) >= 11 is 0. The van der Waals surface area contributed by atoms with Gasteiger partial charge in [-0.15, -0.1) is 0 Å². The molecule has 0 aliphatic rings. The molecule has 2 heteroatoms. The third-order valence-corrected chi connectivity index (χ3v) is 2.78. The molecule has 0 heterocycles. The monoisotopic (exact) mass is 233 g/mol. The molecule has 0 saturated heterocycles. The predicted molar refractivity (Wildman–Crippen MR) is 73.4 cm³/mol. The SMILES string of the molecule is CCCc1cccc(C(C)(C)C)c1NC(C)=O. The molecule has 1 aromatic rings. The highest BCUT2D eigenvalue weighted by Gasteiger charge is 2.20. The molecule has 17 heavy (non-hydrogen) atoms. The van der Waals surface area contributed by atoms with E-state index < -0.39 is 0 Å². The van der Waals surface area contributed by atoms with Gasteiger partial charge in [-0.05, 0) is 23.0 Å². The molecule has 0 spiro atoms. The first kappa shape index (κ1) is 13.8. The van der Waals surface area contributed by atoms with Crippen molar-refractivity contribution in [2.24, 2.45) is 0 Å². The van der Waals surface area contributed by atoms with Crippen LogP contribution in [0.4, 0.5) is 5.69 Å². The van der Waals surface area contributed by atoms with Gasteiger partial charge < -0.3 is 5.32 Å². The van der Waals surface area contributed by atoms with E-state index in [-0.39, 0.29) is 11.3 Å². The van der Waals surface area contributed by atoms with Crippen LogP contribution < -0.4 is 5.32 Å². The summed E-state index contributed by atoms with van der Waals surface area (Å²) in [5.74, 6) is -0.000877. The standard InChI is InChI=1S/C15H23NO/c1-6-8-12-9-7-10-13(15(3,4)5)14(12)16-11(2)17/h7,9-10H,6,8H2,1-5H3,(H,16,17). The van der Waals surface area contributed by atoms with Crippen molar-refractivity contribution in [3.05, 3.63) is 29.3 Å². The molecule has 0 radical (unpaired) electrons. The van der Waals surface area contributed by atoms with Crippen molar-refractivity contribution < 1.29 is 4.79 Å². The largest absolute Gasteiger partial charge is 0.326 e. The van der Waals surface area contributed by atoms with E-state index in [0.29, 0.717) is 0 Å². The van der Waals surface area contributed by atoms with Gasteiger partial charge in [0.2, 0.25) is 5.91 Å². The van der Waals surface area contributed by atoms with E-state index in [2.05, 4.69) is 51.2 Å². The fourth-order valence-electron chi connectivity index (χ4n) is 2.03. The van der Waals surface area contributed by atoms with Crippen LogP contribution in [0.15, 0.2) is 18.2 Å². The van der Waals surface area contributed by atoms with Crippen LogP contribution in [0, 0.1) is 0 Å². The van der Waals surface area contributed by atoms with Gasteiger partial charge in [-0.1, -0.05) is 52.3 Å². The van der Waals surface area contributed by atoms with Crippen molar-refractivity contribution >= 4 is 11.6 Å². The highest BCUT2D eigenvalue weighted by Crippen LogP contribution is 2.32. The Bertz CT molecular complexity index is 402. The Kier molecular flexibility index (Phi) is 4.33. The fraction of sp³-hybridized carbons (Fsp3) is 0.533. The van der Waals surface area contributed by atoms with Crippen molar-refractivity contribution in [2.45, 2.75) is 52.9 Å². The number of carbonyl (C=O) groups is 1. The number of nitrogens with one attached hydrogen (secondary N) is 1. The molecule has 1 N–H and O–H groups in total. The number of carbonyl (C=O) groups excluding carboxylic acids is 1. The number of rotatable bonds is 3. The molecule has 0 saturated carbocycles. The average Bonchev–Trinajstić information content (AvgIpc) is 2.18. The third kappa shape index (κ3) is 3.58. The Hall–Kier alpha value is -1.31. The topological polar surface area (TPSA) is 29.1 Å². The maximum absolute atomic E-state index is 11.3. The van der Waals surface area contributed by atoms with Crippen LogP contribution >= 0.6 is 0 Å². The first-order valence-electron chi connectivity index (χ1n) is 6.26. The van der Waals surface area contributed by atoms with Gasteiger partial charge in [-0.3, -0.25) is 4.79 Å². The van der Waals surface area contributed by atoms with Gasteiger partial charge in [0, 0.05) is 12.6 Å². The van der Waals surface area contributed by atoms with Gasteiger partial charge in [-0.25, -0.2) is 0 Å².